The minimum absolute atomic E-state index is 0.232. The lowest BCUT2D eigenvalue weighted by molar-refractivity contribution is -0.124. The number of likely N-dealkylation sites (tertiary alicyclic amines) is 1. The van der Waals surface area contributed by atoms with Crippen LogP contribution in [0.2, 0.25) is 0 Å². The Labute approximate surface area is 124 Å². The predicted octanol–water partition coefficient (Wildman–Crippen LogP) is 2.27. The molecule has 0 spiro atoms. The Morgan fingerprint density at radius 2 is 1.80 bits per heavy atom. The number of hydrogen-bond donors (Lipinski definition) is 2. The van der Waals surface area contributed by atoms with Crippen molar-refractivity contribution >= 4 is 5.91 Å². The third kappa shape index (κ3) is 5.41. The summed E-state index contributed by atoms with van der Waals surface area (Å²) in [5, 5.41) is 3.34. The number of nitrogens with zero attached hydrogens (tertiary/aromatic N) is 1. The normalized spacial score (nSPS) is 22.6. The first-order valence-electron chi connectivity index (χ1n) is 8.28. The molecule has 0 aliphatic carbocycles. The lowest BCUT2D eigenvalue weighted by Gasteiger charge is -2.36. The standard InChI is InChI=1S/C16H33N3O/c1-4-10-18-16(3,15(17)20)13-14(2)19-11-8-6-5-7-9-12-19/h14,18H,4-13H2,1-3H3,(H2,17,20). The summed E-state index contributed by atoms with van der Waals surface area (Å²) in [5.74, 6) is -0.232. The van der Waals surface area contributed by atoms with E-state index in [4.69, 9.17) is 5.73 Å². The van der Waals surface area contributed by atoms with Gasteiger partial charge in [0.2, 0.25) is 5.91 Å². The number of hydrogen-bond acceptors (Lipinski definition) is 3. The van der Waals surface area contributed by atoms with Crippen LogP contribution < -0.4 is 11.1 Å². The third-order valence-corrected chi connectivity index (χ3v) is 4.53. The van der Waals surface area contributed by atoms with Gasteiger partial charge in [-0.15, -0.1) is 0 Å². The van der Waals surface area contributed by atoms with Crippen LogP contribution in [-0.4, -0.2) is 42.0 Å². The largest absolute Gasteiger partial charge is 0.368 e. The zero-order chi connectivity index (χ0) is 15.0. The summed E-state index contributed by atoms with van der Waals surface area (Å²) in [4.78, 5) is 14.3. The fourth-order valence-corrected chi connectivity index (χ4v) is 3.09. The van der Waals surface area contributed by atoms with E-state index in [0.29, 0.717) is 6.04 Å². The molecule has 0 aromatic rings. The van der Waals surface area contributed by atoms with Crippen LogP contribution in [0.4, 0.5) is 0 Å². The van der Waals surface area contributed by atoms with Crippen LogP contribution in [0.5, 0.6) is 0 Å². The SMILES string of the molecule is CCCNC(C)(CC(C)N1CCCCCCC1)C(N)=O. The van der Waals surface area contributed by atoms with Crippen molar-refractivity contribution in [2.75, 3.05) is 19.6 Å². The van der Waals surface area contributed by atoms with Gasteiger partial charge in [-0.05, 0) is 59.2 Å². The number of primary amides is 1. The molecule has 2 atom stereocenters. The fourth-order valence-electron chi connectivity index (χ4n) is 3.09. The number of nitrogens with one attached hydrogen (secondary N) is 1. The minimum Gasteiger partial charge on any atom is -0.368 e. The molecule has 0 saturated carbocycles. The Morgan fingerprint density at radius 1 is 1.25 bits per heavy atom. The molecule has 1 aliphatic heterocycles. The van der Waals surface area contributed by atoms with Crippen LogP contribution in [0.25, 0.3) is 0 Å². The molecule has 2 unspecified atom stereocenters. The highest BCUT2D eigenvalue weighted by molar-refractivity contribution is 5.84. The van der Waals surface area contributed by atoms with E-state index >= 15 is 0 Å². The third-order valence-electron chi connectivity index (χ3n) is 4.53. The zero-order valence-corrected chi connectivity index (χ0v) is 13.6. The molecule has 20 heavy (non-hydrogen) atoms. The van der Waals surface area contributed by atoms with Crippen LogP contribution in [0.15, 0.2) is 0 Å². The van der Waals surface area contributed by atoms with Crippen molar-refractivity contribution in [1.82, 2.24) is 10.2 Å². The van der Waals surface area contributed by atoms with E-state index in [-0.39, 0.29) is 5.91 Å². The number of carbonyl (C=O) groups excluding carboxylic acids is 1. The van der Waals surface area contributed by atoms with Crippen molar-refractivity contribution in [2.45, 2.75) is 77.3 Å². The Bertz CT molecular complexity index is 287. The van der Waals surface area contributed by atoms with Gasteiger partial charge in [0.05, 0.1) is 5.54 Å². The second kappa shape index (κ2) is 8.63. The Balaban J connectivity index is 2.58. The molecule has 118 valence electrons. The Kier molecular flexibility index (Phi) is 7.52. The molecule has 1 heterocycles. The van der Waals surface area contributed by atoms with Crippen molar-refractivity contribution in [2.24, 2.45) is 5.73 Å². The van der Waals surface area contributed by atoms with Crippen LogP contribution in [0, 0.1) is 0 Å². The van der Waals surface area contributed by atoms with Crippen molar-refractivity contribution in [3.63, 3.8) is 0 Å². The van der Waals surface area contributed by atoms with E-state index in [1.54, 1.807) is 0 Å². The molecule has 3 N–H and O–H groups in total. The molecule has 1 saturated heterocycles. The highest BCUT2D eigenvalue weighted by Crippen LogP contribution is 2.19. The molecule has 1 aliphatic rings. The van der Waals surface area contributed by atoms with E-state index < -0.39 is 5.54 Å². The van der Waals surface area contributed by atoms with Crippen LogP contribution in [0.3, 0.4) is 0 Å². The maximum Gasteiger partial charge on any atom is 0.237 e. The van der Waals surface area contributed by atoms with Gasteiger partial charge in [-0.25, -0.2) is 0 Å². The Morgan fingerprint density at radius 3 is 2.30 bits per heavy atom. The van der Waals surface area contributed by atoms with Crippen LogP contribution in [-0.2, 0) is 4.79 Å². The van der Waals surface area contributed by atoms with Crippen LogP contribution >= 0.6 is 0 Å². The van der Waals surface area contributed by atoms with Crippen molar-refractivity contribution in [3.05, 3.63) is 0 Å². The van der Waals surface area contributed by atoms with E-state index in [0.717, 1.165) is 32.5 Å². The smallest absolute Gasteiger partial charge is 0.237 e. The second-order valence-corrected chi connectivity index (χ2v) is 6.48. The summed E-state index contributed by atoms with van der Waals surface area (Å²) in [7, 11) is 0. The molecule has 0 radical (unpaired) electrons. The van der Waals surface area contributed by atoms with Gasteiger partial charge in [0.1, 0.15) is 0 Å². The van der Waals surface area contributed by atoms with Crippen LogP contribution in [0.1, 0.15) is 65.7 Å². The zero-order valence-electron chi connectivity index (χ0n) is 13.6. The fraction of sp³-hybridized carbons (Fsp3) is 0.938. The summed E-state index contributed by atoms with van der Waals surface area (Å²) >= 11 is 0. The molecular formula is C16H33N3O. The number of rotatable bonds is 7. The molecule has 0 bridgehead atoms. The van der Waals surface area contributed by atoms with Crippen molar-refractivity contribution < 1.29 is 4.79 Å². The maximum atomic E-state index is 11.8. The summed E-state index contributed by atoms with van der Waals surface area (Å²) in [6.45, 7) is 9.44. The van der Waals surface area contributed by atoms with E-state index in [9.17, 15) is 4.79 Å². The summed E-state index contributed by atoms with van der Waals surface area (Å²) in [5.41, 5.74) is 5.04. The molecule has 4 heteroatoms. The van der Waals surface area contributed by atoms with Gasteiger partial charge in [-0.2, -0.15) is 0 Å². The van der Waals surface area contributed by atoms with Gasteiger partial charge in [0.25, 0.3) is 0 Å². The number of amides is 1. The highest BCUT2D eigenvalue weighted by atomic mass is 16.1. The highest BCUT2D eigenvalue weighted by Gasteiger charge is 2.33. The van der Waals surface area contributed by atoms with Gasteiger partial charge in [0, 0.05) is 6.04 Å². The monoisotopic (exact) mass is 283 g/mol. The minimum atomic E-state index is -0.586. The number of nitrogens with two attached hydrogens (primary N) is 1. The lowest BCUT2D eigenvalue weighted by atomic mass is 9.91. The van der Waals surface area contributed by atoms with Gasteiger partial charge < -0.3 is 16.0 Å². The summed E-state index contributed by atoms with van der Waals surface area (Å²) in [6, 6.07) is 0.398. The summed E-state index contributed by atoms with van der Waals surface area (Å²) in [6.07, 6.45) is 8.41. The van der Waals surface area contributed by atoms with Gasteiger partial charge in [0.15, 0.2) is 0 Å². The molecule has 1 amide bonds. The Hall–Kier alpha value is -0.610. The molecule has 0 aromatic carbocycles. The average Bonchev–Trinajstić information content (AvgIpc) is 2.35. The lowest BCUT2D eigenvalue weighted by Crippen LogP contribution is -2.56. The molecule has 0 aromatic heterocycles. The topological polar surface area (TPSA) is 58.4 Å². The average molecular weight is 283 g/mol. The van der Waals surface area contributed by atoms with Gasteiger partial charge >= 0.3 is 0 Å². The first kappa shape index (κ1) is 17.4. The van der Waals surface area contributed by atoms with Crippen molar-refractivity contribution in [3.8, 4) is 0 Å². The molecular weight excluding hydrogens is 250 g/mol. The van der Waals surface area contributed by atoms with E-state index in [2.05, 4.69) is 24.1 Å². The first-order chi connectivity index (χ1) is 9.49. The van der Waals surface area contributed by atoms with Gasteiger partial charge in [-0.1, -0.05) is 26.2 Å². The van der Waals surface area contributed by atoms with Gasteiger partial charge in [-0.3, -0.25) is 4.79 Å². The summed E-state index contributed by atoms with van der Waals surface area (Å²) < 4.78 is 0. The maximum absolute atomic E-state index is 11.8. The molecule has 4 nitrogen and oxygen atoms in total. The second-order valence-electron chi connectivity index (χ2n) is 6.48. The molecule has 1 fully saturated rings. The number of carbonyl (C=O) groups is 1. The molecule has 1 rings (SSSR count). The quantitative estimate of drug-likeness (QED) is 0.753. The predicted molar refractivity (Wildman–Crippen MR) is 84.6 cm³/mol. The van der Waals surface area contributed by atoms with Crippen molar-refractivity contribution in [1.29, 1.82) is 0 Å². The van der Waals surface area contributed by atoms with E-state index in [1.165, 1.54) is 32.1 Å². The first-order valence-corrected chi connectivity index (χ1v) is 8.28. The van der Waals surface area contributed by atoms with E-state index in [1.807, 2.05) is 6.92 Å².